The van der Waals surface area contributed by atoms with Gasteiger partial charge in [-0.25, -0.2) is 4.63 Å². The van der Waals surface area contributed by atoms with E-state index in [0.717, 1.165) is 0 Å². The van der Waals surface area contributed by atoms with Crippen LogP contribution in [0.25, 0.3) is 0 Å². The monoisotopic (exact) mass is 134 g/mol. The van der Waals surface area contributed by atoms with E-state index in [1.165, 1.54) is 0 Å². The van der Waals surface area contributed by atoms with Gasteiger partial charge in [-0.15, -0.1) is 0 Å². The Morgan fingerprint density at radius 2 is 2.50 bits per heavy atom. The van der Waals surface area contributed by atoms with Crippen LogP contribution >= 0.6 is 0 Å². The average Bonchev–Trinajstić information content (AvgIpc) is 2.12. The van der Waals surface area contributed by atoms with Crippen LogP contribution in [0, 0.1) is 0 Å². The van der Waals surface area contributed by atoms with Crippen LogP contribution in [0.1, 0.15) is 0 Å². The van der Waals surface area contributed by atoms with Gasteiger partial charge in [-0.05, 0) is 5.16 Å². The van der Waals surface area contributed by atoms with Crippen molar-refractivity contribution in [3.63, 3.8) is 0 Å². The van der Waals surface area contributed by atoms with Gasteiger partial charge in [-0.3, -0.25) is 4.21 Å². The molecule has 0 aliphatic carbocycles. The fourth-order valence-electron chi connectivity index (χ4n) is 0.188. The van der Waals surface area contributed by atoms with Gasteiger partial charge in [-0.1, -0.05) is 5.10 Å². The highest BCUT2D eigenvalue weighted by molar-refractivity contribution is 7.78. The fourth-order valence-corrected chi connectivity index (χ4v) is 0.383. The van der Waals surface area contributed by atoms with E-state index in [0.29, 0.717) is 0 Å². The SMILES string of the molecule is O=S([O-])c1nnon1. The maximum atomic E-state index is 9.84. The molecule has 0 N–H and O–H groups in total. The predicted octanol–water partition coefficient (Wildman–Crippen LogP) is -1.30. The normalized spacial score (nSPS) is 13.6. The minimum absolute atomic E-state index is 0.426. The molecule has 0 amide bonds. The van der Waals surface area contributed by atoms with E-state index in [4.69, 9.17) is 0 Å². The quantitative estimate of drug-likeness (QED) is 0.443. The molecule has 0 spiro atoms. The lowest BCUT2D eigenvalue weighted by atomic mass is 11.4. The molecular weight excluding hydrogens is 134 g/mol. The molecule has 0 aliphatic rings. The van der Waals surface area contributed by atoms with Crippen LogP contribution in [0.15, 0.2) is 9.79 Å². The molecule has 0 aromatic carbocycles. The van der Waals surface area contributed by atoms with Crippen molar-refractivity contribution in [3.05, 3.63) is 0 Å². The Morgan fingerprint density at radius 1 is 1.75 bits per heavy atom. The molecule has 0 aliphatic heterocycles. The van der Waals surface area contributed by atoms with E-state index in [1.807, 2.05) is 0 Å². The molecule has 7 heteroatoms. The van der Waals surface area contributed by atoms with Gasteiger partial charge in [0.1, 0.15) is 0 Å². The van der Waals surface area contributed by atoms with Crippen molar-refractivity contribution in [2.45, 2.75) is 5.16 Å². The van der Waals surface area contributed by atoms with Crippen molar-refractivity contribution in [2.24, 2.45) is 0 Å². The Bertz CT molecular complexity index is 182. The smallest absolute Gasteiger partial charge is 0.269 e. The molecule has 8 heavy (non-hydrogen) atoms. The van der Waals surface area contributed by atoms with E-state index in [2.05, 4.69) is 20.2 Å². The standard InChI is InChI=1S/CHN3O3S/c5-8(6)1-2-4-7-3-1/h(H,5,6)/p-1. The van der Waals surface area contributed by atoms with E-state index in [9.17, 15) is 8.76 Å². The molecule has 0 bridgehead atoms. The second-order valence-electron chi connectivity index (χ2n) is 0.872. The van der Waals surface area contributed by atoms with Crippen LogP contribution in [0.4, 0.5) is 0 Å². The topological polar surface area (TPSA) is 91.9 Å². The summed E-state index contributed by atoms with van der Waals surface area (Å²) in [5.41, 5.74) is 0. The minimum Gasteiger partial charge on any atom is -0.766 e. The Hall–Kier alpha value is -0.820. The molecule has 0 fully saturated rings. The number of rotatable bonds is 1. The molecular formula is CN3O3S-. The first kappa shape index (κ1) is 5.32. The summed E-state index contributed by atoms with van der Waals surface area (Å²) in [6, 6.07) is 0. The van der Waals surface area contributed by atoms with E-state index >= 15 is 0 Å². The molecule has 1 rings (SSSR count). The van der Waals surface area contributed by atoms with Gasteiger partial charge in [0.25, 0.3) is 5.16 Å². The Kier molecular flexibility index (Phi) is 1.31. The summed E-state index contributed by atoms with van der Waals surface area (Å²) in [5.74, 6) is 0. The first-order chi connectivity index (χ1) is 3.80. The van der Waals surface area contributed by atoms with Gasteiger partial charge < -0.3 is 4.55 Å². The van der Waals surface area contributed by atoms with Crippen LogP contribution < -0.4 is 0 Å². The molecule has 1 atom stereocenters. The third-order valence-corrected chi connectivity index (χ3v) is 0.885. The highest BCUT2D eigenvalue weighted by Gasteiger charge is 1.95. The second-order valence-corrected chi connectivity index (χ2v) is 1.71. The van der Waals surface area contributed by atoms with E-state index in [-0.39, 0.29) is 0 Å². The lowest BCUT2D eigenvalue weighted by Crippen LogP contribution is -1.90. The molecule has 6 nitrogen and oxygen atoms in total. The molecule has 0 radical (unpaired) electrons. The summed E-state index contributed by atoms with van der Waals surface area (Å²) in [5, 5.41) is 8.27. The largest absolute Gasteiger partial charge is 0.766 e. The second kappa shape index (κ2) is 1.97. The molecule has 1 heterocycles. The van der Waals surface area contributed by atoms with Crippen LogP contribution in [-0.4, -0.2) is 24.3 Å². The summed E-state index contributed by atoms with van der Waals surface area (Å²) < 4.78 is 23.5. The van der Waals surface area contributed by atoms with Crippen molar-refractivity contribution in [3.8, 4) is 0 Å². The third kappa shape index (κ3) is 0.873. The van der Waals surface area contributed by atoms with Crippen LogP contribution in [0.5, 0.6) is 0 Å². The van der Waals surface area contributed by atoms with Gasteiger partial charge in [-0.2, -0.15) is 0 Å². The lowest BCUT2D eigenvalue weighted by Gasteiger charge is -1.90. The maximum Gasteiger partial charge on any atom is 0.269 e. The van der Waals surface area contributed by atoms with Crippen LogP contribution in [0.3, 0.4) is 0 Å². The van der Waals surface area contributed by atoms with Crippen molar-refractivity contribution in [2.75, 3.05) is 0 Å². The van der Waals surface area contributed by atoms with Crippen molar-refractivity contribution >= 4 is 11.1 Å². The van der Waals surface area contributed by atoms with Gasteiger partial charge in [0, 0.05) is 11.1 Å². The molecule has 0 saturated heterocycles. The Labute approximate surface area is 46.1 Å². The van der Waals surface area contributed by atoms with Gasteiger partial charge in [0.2, 0.25) is 0 Å². The summed E-state index contributed by atoms with van der Waals surface area (Å²) in [7, 11) is 0. The zero-order valence-electron chi connectivity index (χ0n) is 3.47. The van der Waals surface area contributed by atoms with Gasteiger partial charge >= 0.3 is 0 Å². The zero-order valence-corrected chi connectivity index (χ0v) is 4.29. The third-order valence-electron chi connectivity index (χ3n) is 0.431. The zero-order chi connectivity index (χ0) is 5.98. The number of aromatic nitrogens is 3. The molecule has 0 saturated carbocycles. The summed E-state index contributed by atoms with van der Waals surface area (Å²) >= 11 is -2.43. The molecule has 1 aromatic heterocycles. The Balaban J connectivity index is 2.93. The van der Waals surface area contributed by atoms with Gasteiger partial charge in [0.15, 0.2) is 0 Å². The van der Waals surface area contributed by atoms with Crippen LogP contribution in [-0.2, 0) is 11.1 Å². The van der Waals surface area contributed by atoms with Crippen molar-refractivity contribution < 1.29 is 13.4 Å². The fraction of sp³-hybridized carbons (Fsp3) is 0. The number of hydrogen-bond acceptors (Lipinski definition) is 6. The summed E-state index contributed by atoms with van der Waals surface area (Å²) in [6.45, 7) is 0. The minimum atomic E-state index is -2.43. The lowest BCUT2D eigenvalue weighted by molar-refractivity contribution is 0.287. The Morgan fingerprint density at radius 3 is 2.75 bits per heavy atom. The molecule has 1 aromatic rings. The first-order valence-electron chi connectivity index (χ1n) is 1.55. The highest BCUT2D eigenvalue weighted by atomic mass is 32.2. The van der Waals surface area contributed by atoms with Gasteiger partial charge in [0.05, 0.1) is 5.27 Å². The van der Waals surface area contributed by atoms with Crippen molar-refractivity contribution in [1.29, 1.82) is 0 Å². The average molecular weight is 134 g/mol. The van der Waals surface area contributed by atoms with E-state index in [1.54, 1.807) is 0 Å². The summed E-state index contributed by atoms with van der Waals surface area (Å²) in [6.07, 6.45) is 0. The van der Waals surface area contributed by atoms with E-state index < -0.39 is 16.2 Å². The summed E-state index contributed by atoms with van der Waals surface area (Å²) in [4.78, 5) is 0. The number of hydrogen-bond donors (Lipinski definition) is 0. The highest BCUT2D eigenvalue weighted by Crippen LogP contribution is 1.87. The maximum absolute atomic E-state index is 9.84. The predicted molar refractivity (Wildman–Crippen MR) is 19.3 cm³/mol. The number of nitrogens with zero attached hydrogens (tertiary/aromatic N) is 3. The molecule has 44 valence electrons. The first-order valence-corrected chi connectivity index (χ1v) is 2.62. The molecule has 1 unspecified atom stereocenters. The van der Waals surface area contributed by atoms with Crippen LogP contribution in [0.2, 0.25) is 0 Å². The van der Waals surface area contributed by atoms with Crippen molar-refractivity contribution in [1.82, 2.24) is 15.5 Å².